The van der Waals surface area contributed by atoms with E-state index in [9.17, 15) is 8.42 Å². The molecule has 3 aromatic rings. The first-order valence-corrected chi connectivity index (χ1v) is 10.2. The van der Waals surface area contributed by atoms with Crippen molar-refractivity contribution in [3.63, 3.8) is 0 Å². The largest absolute Gasteiger partial charge is 0.495 e. The molecule has 1 N–H and O–H groups in total. The maximum Gasteiger partial charge on any atom is 0.241 e. The molecule has 3 rings (SSSR count). The zero-order valence-corrected chi connectivity index (χ0v) is 16.6. The highest BCUT2D eigenvalue weighted by molar-refractivity contribution is 7.89. The van der Waals surface area contributed by atoms with E-state index in [1.165, 1.54) is 19.2 Å². The van der Waals surface area contributed by atoms with Gasteiger partial charge in [0, 0.05) is 0 Å². The topological polar surface area (TPSA) is 55.4 Å². The van der Waals surface area contributed by atoms with Crippen LogP contribution in [0.15, 0.2) is 77.7 Å². The van der Waals surface area contributed by atoms with Crippen LogP contribution in [0.2, 0.25) is 5.02 Å². The summed E-state index contributed by atoms with van der Waals surface area (Å²) in [4.78, 5) is 0.0846. The maximum atomic E-state index is 13.0. The first kappa shape index (κ1) is 19.4. The Hall–Kier alpha value is -2.34. The average molecular weight is 402 g/mol. The summed E-state index contributed by atoms with van der Waals surface area (Å²) in [6.07, 6.45) is 0. The quantitative estimate of drug-likeness (QED) is 0.649. The summed E-state index contributed by atoms with van der Waals surface area (Å²) in [7, 11) is -2.32. The number of sulfonamides is 1. The lowest BCUT2D eigenvalue weighted by molar-refractivity contribution is 0.414. The summed E-state index contributed by atoms with van der Waals surface area (Å²) < 4.78 is 33.9. The van der Waals surface area contributed by atoms with Crippen LogP contribution in [0, 0.1) is 6.92 Å². The number of benzene rings is 3. The highest BCUT2D eigenvalue weighted by Crippen LogP contribution is 2.29. The van der Waals surface area contributed by atoms with Crippen LogP contribution in [-0.4, -0.2) is 15.5 Å². The fourth-order valence-electron chi connectivity index (χ4n) is 2.77. The van der Waals surface area contributed by atoms with Gasteiger partial charge in [-0.2, -0.15) is 4.72 Å². The minimum Gasteiger partial charge on any atom is -0.495 e. The smallest absolute Gasteiger partial charge is 0.241 e. The van der Waals surface area contributed by atoms with E-state index in [1.807, 2.05) is 61.5 Å². The molecule has 0 aromatic heterocycles. The molecule has 4 nitrogen and oxygen atoms in total. The molecule has 0 bridgehead atoms. The molecule has 3 aromatic carbocycles. The normalized spacial score (nSPS) is 12.6. The Balaban J connectivity index is 2.00. The zero-order chi connectivity index (χ0) is 19.4. The van der Waals surface area contributed by atoms with Crippen molar-refractivity contribution in [2.45, 2.75) is 17.9 Å². The number of hydrogen-bond acceptors (Lipinski definition) is 3. The van der Waals surface area contributed by atoms with Crippen molar-refractivity contribution in [2.75, 3.05) is 7.11 Å². The molecular formula is C21H20ClNO3S. The van der Waals surface area contributed by atoms with Crippen LogP contribution in [0.5, 0.6) is 5.75 Å². The van der Waals surface area contributed by atoms with Crippen molar-refractivity contribution in [3.8, 4) is 5.75 Å². The van der Waals surface area contributed by atoms with E-state index in [0.717, 1.165) is 16.7 Å². The molecule has 0 saturated carbocycles. The molecule has 0 heterocycles. The number of ether oxygens (including phenoxy) is 1. The fraction of sp³-hybridized carbons (Fsp3) is 0.143. The summed E-state index contributed by atoms with van der Waals surface area (Å²) in [5, 5.41) is 0.243. The second-order valence-corrected chi connectivity index (χ2v) is 8.29. The molecule has 1 atom stereocenters. The van der Waals surface area contributed by atoms with E-state index in [2.05, 4.69) is 4.72 Å². The minimum absolute atomic E-state index is 0.0846. The van der Waals surface area contributed by atoms with Crippen molar-refractivity contribution in [1.29, 1.82) is 0 Å². The molecule has 0 aliphatic heterocycles. The highest BCUT2D eigenvalue weighted by Gasteiger charge is 2.23. The van der Waals surface area contributed by atoms with E-state index in [1.54, 1.807) is 6.07 Å². The summed E-state index contributed by atoms with van der Waals surface area (Å²) in [5.41, 5.74) is 2.81. The number of hydrogen-bond donors (Lipinski definition) is 1. The van der Waals surface area contributed by atoms with Gasteiger partial charge in [0.15, 0.2) is 0 Å². The van der Waals surface area contributed by atoms with Crippen LogP contribution in [0.1, 0.15) is 22.7 Å². The predicted molar refractivity (Wildman–Crippen MR) is 108 cm³/mol. The van der Waals surface area contributed by atoms with Gasteiger partial charge in [-0.3, -0.25) is 0 Å². The van der Waals surface area contributed by atoms with Crippen molar-refractivity contribution >= 4 is 21.6 Å². The van der Waals surface area contributed by atoms with Crippen LogP contribution in [-0.2, 0) is 10.0 Å². The lowest BCUT2D eigenvalue weighted by Gasteiger charge is -2.20. The molecule has 140 valence electrons. The second kappa shape index (κ2) is 8.13. The fourth-order valence-corrected chi connectivity index (χ4v) is 4.33. The van der Waals surface area contributed by atoms with Gasteiger partial charge in [-0.1, -0.05) is 71.8 Å². The van der Waals surface area contributed by atoms with Gasteiger partial charge < -0.3 is 4.74 Å². The Labute approximate surface area is 164 Å². The lowest BCUT2D eigenvalue weighted by atomic mass is 9.99. The van der Waals surface area contributed by atoms with Gasteiger partial charge >= 0.3 is 0 Å². The average Bonchev–Trinajstić information content (AvgIpc) is 2.67. The zero-order valence-electron chi connectivity index (χ0n) is 15.0. The Bertz CT molecular complexity index is 1020. The Morgan fingerprint density at radius 2 is 1.56 bits per heavy atom. The first-order chi connectivity index (χ1) is 12.9. The van der Waals surface area contributed by atoms with Gasteiger partial charge in [-0.25, -0.2) is 8.42 Å². The summed E-state index contributed by atoms with van der Waals surface area (Å²) in [6, 6.07) is 21.1. The SMILES string of the molecule is COc1ccc(S(=O)(=O)NC(c2ccccc2)c2ccc(C)cc2)cc1Cl. The van der Waals surface area contributed by atoms with Crippen LogP contribution < -0.4 is 9.46 Å². The van der Waals surface area contributed by atoms with Gasteiger partial charge in [0.25, 0.3) is 0 Å². The molecule has 0 spiro atoms. The third kappa shape index (κ3) is 4.50. The summed E-state index contributed by atoms with van der Waals surface area (Å²) in [6.45, 7) is 1.99. The van der Waals surface area contributed by atoms with E-state index in [4.69, 9.17) is 16.3 Å². The van der Waals surface area contributed by atoms with Crippen LogP contribution in [0.3, 0.4) is 0 Å². The van der Waals surface area contributed by atoms with Crippen molar-refractivity contribution < 1.29 is 13.2 Å². The third-order valence-electron chi connectivity index (χ3n) is 4.25. The van der Waals surface area contributed by atoms with Crippen LogP contribution >= 0.6 is 11.6 Å². The highest BCUT2D eigenvalue weighted by atomic mass is 35.5. The minimum atomic E-state index is -3.80. The molecule has 0 radical (unpaired) electrons. The van der Waals surface area contributed by atoms with Crippen molar-refractivity contribution in [3.05, 3.63) is 94.5 Å². The van der Waals surface area contributed by atoms with Crippen molar-refractivity contribution in [2.24, 2.45) is 0 Å². The van der Waals surface area contributed by atoms with E-state index in [0.29, 0.717) is 5.75 Å². The summed E-state index contributed by atoms with van der Waals surface area (Å²) >= 11 is 6.11. The van der Waals surface area contributed by atoms with Gasteiger partial charge in [0.1, 0.15) is 5.75 Å². The second-order valence-electron chi connectivity index (χ2n) is 6.17. The maximum absolute atomic E-state index is 13.0. The molecule has 0 saturated heterocycles. The Morgan fingerprint density at radius 3 is 2.15 bits per heavy atom. The van der Waals surface area contributed by atoms with Gasteiger partial charge in [0.2, 0.25) is 10.0 Å². The number of aryl methyl sites for hydroxylation is 1. The monoisotopic (exact) mass is 401 g/mol. The summed E-state index contributed by atoms with van der Waals surface area (Å²) in [5.74, 6) is 0.425. The Kier molecular flexibility index (Phi) is 5.85. The lowest BCUT2D eigenvalue weighted by Crippen LogP contribution is -2.29. The van der Waals surface area contributed by atoms with Gasteiger partial charge in [0.05, 0.1) is 23.1 Å². The Morgan fingerprint density at radius 1 is 0.926 bits per heavy atom. The molecule has 0 fully saturated rings. The first-order valence-electron chi connectivity index (χ1n) is 8.38. The molecular weight excluding hydrogens is 382 g/mol. The van der Waals surface area contributed by atoms with Crippen LogP contribution in [0.25, 0.3) is 0 Å². The molecule has 27 heavy (non-hydrogen) atoms. The number of halogens is 1. The van der Waals surface area contributed by atoms with Gasteiger partial charge in [-0.05, 0) is 36.2 Å². The van der Waals surface area contributed by atoms with Crippen molar-refractivity contribution in [1.82, 2.24) is 4.72 Å². The van der Waals surface area contributed by atoms with Crippen LogP contribution in [0.4, 0.5) is 0 Å². The standard InChI is InChI=1S/C21H20ClNO3S/c1-15-8-10-17(11-9-15)21(16-6-4-3-5-7-16)23-27(24,25)18-12-13-20(26-2)19(22)14-18/h3-14,21,23H,1-2H3. The van der Waals surface area contributed by atoms with E-state index >= 15 is 0 Å². The molecule has 6 heteroatoms. The van der Waals surface area contributed by atoms with E-state index in [-0.39, 0.29) is 9.92 Å². The van der Waals surface area contributed by atoms with E-state index < -0.39 is 16.1 Å². The van der Waals surface area contributed by atoms with Gasteiger partial charge in [-0.15, -0.1) is 0 Å². The third-order valence-corrected chi connectivity index (χ3v) is 5.97. The molecule has 0 aliphatic rings. The molecule has 0 amide bonds. The molecule has 1 unspecified atom stereocenters. The number of nitrogens with one attached hydrogen (secondary N) is 1. The number of methoxy groups -OCH3 is 1. The molecule has 0 aliphatic carbocycles. The number of rotatable bonds is 6. The predicted octanol–water partition coefficient (Wildman–Crippen LogP) is 4.72.